The summed E-state index contributed by atoms with van der Waals surface area (Å²) in [6.07, 6.45) is 2.87. The van der Waals surface area contributed by atoms with E-state index in [4.69, 9.17) is 11.6 Å². The monoisotopic (exact) mass is 349 g/mol. The lowest BCUT2D eigenvalue weighted by Crippen LogP contribution is -2.23. The molecule has 124 valence electrons. The van der Waals surface area contributed by atoms with Gasteiger partial charge in [-0.25, -0.2) is 9.37 Å². The minimum absolute atomic E-state index is 0.0427. The maximum Gasteiger partial charge on any atom is 0.264 e. The van der Waals surface area contributed by atoms with Crippen LogP contribution in [-0.4, -0.2) is 25.2 Å². The number of benzene rings is 1. The van der Waals surface area contributed by atoms with Gasteiger partial charge in [0.2, 0.25) is 5.91 Å². The highest BCUT2D eigenvalue weighted by molar-refractivity contribution is 6.33. The molecule has 1 amide bonds. The van der Waals surface area contributed by atoms with Crippen molar-refractivity contribution in [3.8, 4) is 0 Å². The van der Waals surface area contributed by atoms with Gasteiger partial charge >= 0.3 is 0 Å². The van der Waals surface area contributed by atoms with Crippen molar-refractivity contribution in [1.29, 1.82) is 0 Å². The van der Waals surface area contributed by atoms with E-state index in [2.05, 4.69) is 15.4 Å². The number of hydrogen-bond donors (Lipinski definition) is 1. The van der Waals surface area contributed by atoms with Gasteiger partial charge in [-0.1, -0.05) is 11.6 Å². The zero-order chi connectivity index (χ0) is 17.3. The average Bonchev–Trinajstić information content (AvgIpc) is 2.92. The van der Waals surface area contributed by atoms with Crippen molar-refractivity contribution in [3.05, 3.63) is 51.9 Å². The fourth-order valence-corrected chi connectivity index (χ4v) is 2.47. The number of rotatable bonds is 4. The number of amides is 1. The van der Waals surface area contributed by atoms with Crippen LogP contribution in [0, 0.1) is 5.82 Å². The molecule has 0 fully saturated rings. The number of halogens is 2. The van der Waals surface area contributed by atoms with Gasteiger partial charge in [0.1, 0.15) is 11.2 Å². The summed E-state index contributed by atoms with van der Waals surface area (Å²) in [6, 6.07) is 3.69. The number of nitrogens with zero attached hydrogens (tertiary/aromatic N) is 4. The summed E-state index contributed by atoms with van der Waals surface area (Å²) < 4.78 is 15.8. The fourth-order valence-electron chi connectivity index (χ4n) is 2.25. The molecule has 7 nitrogen and oxygen atoms in total. The molecule has 0 aliphatic rings. The van der Waals surface area contributed by atoms with Gasteiger partial charge < -0.3 is 5.32 Å². The van der Waals surface area contributed by atoms with Crippen molar-refractivity contribution in [2.75, 3.05) is 5.32 Å². The highest BCUT2D eigenvalue weighted by Gasteiger charge is 2.10. The Morgan fingerprint density at radius 1 is 1.42 bits per heavy atom. The third kappa shape index (κ3) is 3.13. The van der Waals surface area contributed by atoms with Crippen LogP contribution in [0.15, 0.2) is 35.5 Å². The molecule has 0 aliphatic carbocycles. The molecule has 0 bridgehead atoms. The van der Waals surface area contributed by atoms with E-state index in [0.29, 0.717) is 16.7 Å². The van der Waals surface area contributed by atoms with Crippen molar-refractivity contribution >= 4 is 34.2 Å². The van der Waals surface area contributed by atoms with E-state index in [-0.39, 0.29) is 29.5 Å². The lowest BCUT2D eigenvalue weighted by Gasteiger charge is -2.08. The minimum Gasteiger partial charge on any atom is -0.325 e. The molecule has 0 aliphatic heterocycles. The van der Waals surface area contributed by atoms with Gasteiger partial charge in [0, 0.05) is 20.0 Å². The van der Waals surface area contributed by atoms with Gasteiger partial charge in [-0.2, -0.15) is 5.10 Å². The highest BCUT2D eigenvalue weighted by Crippen LogP contribution is 2.22. The zero-order valence-corrected chi connectivity index (χ0v) is 13.4. The Hall–Kier alpha value is -2.74. The molecule has 0 radical (unpaired) electrons. The first kappa shape index (κ1) is 16.1. The number of aromatic nitrogens is 4. The fraction of sp³-hybridized carbons (Fsp3) is 0.200. The molecule has 2 aromatic heterocycles. The Balaban J connectivity index is 1.70. The number of aryl methyl sites for hydroxylation is 2. The van der Waals surface area contributed by atoms with Crippen molar-refractivity contribution in [2.24, 2.45) is 7.05 Å². The molecule has 0 unspecified atom stereocenters. The van der Waals surface area contributed by atoms with Crippen LogP contribution < -0.4 is 10.9 Å². The highest BCUT2D eigenvalue weighted by atomic mass is 35.5. The Bertz CT molecular complexity index is 982. The summed E-state index contributed by atoms with van der Waals surface area (Å²) in [5.74, 6) is -0.831. The van der Waals surface area contributed by atoms with E-state index in [0.717, 1.165) is 6.07 Å². The number of carbonyl (C=O) groups excluding carboxylic acids is 1. The first-order valence-electron chi connectivity index (χ1n) is 7.08. The second-order valence-electron chi connectivity index (χ2n) is 5.17. The molecular formula is C15H13ClFN5O2. The normalized spacial score (nSPS) is 11.0. The van der Waals surface area contributed by atoms with Crippen LogP contribution in [0.25, 0.3) is 11.0 Å². The molecule has 9 heteroatoms. The summed E-state index contributed by atoms with van der Waals surface area (Å²) in [5, 5.41) is 7.06. The number of fused-ring (bicyclic) bond motifs is 1. The topological polar surface area (TPSA) is 81.8 Å². The maximum absolute atomic E-state index is 13.0. The predicted octanol–water partition coefficient (Wildman–Crippen LogP) is 1.95. The third-order valence-electron chi connectivity index (χ3n) is 3.50. The van der Waals surface area contributed by atoms with Gasteiger partial charge in [0.05, 0.1) is 23.2 Å². The maximum atomic E-state index is 13.0. The zero-order valence-electron chi connectivity index (χ0n) is 12.7. The van der Waals surface area contributed by atoms with Crippen LogP contribution in [0.3, 0.4) is 0 Å². The average molecular weight is 350 g/mol. The standard InChI is InChI=1S/C15H13ClFN5O2/c1-21-14-10(7-19-21)15(24)22(8-18-14)5-4-13(23)20-12-3-2-9(17)6-11(12)16/h2-3,6-8H,4-5H2,1H3,(H,20,23). The summed E-state index contributed by atoms with van der Waals surface area (Å²) in [4.78, 5) is 28.4. The molecule has 0 spiro atoms. The lowest BCUT2D eigenvalue weighted by molar-refractivity contribution is -0.116. The number of anilines is 1. The molecule has 3 aromatic rings. The van der Waals surface area contributed by atoms with Crippen molar-refractivity contribution < 1.29 is 9.18 Å². The largest absolute Gasteiger partial charge is 0.325 e. The molecule has 2 heterocycles. The van der Waals surface area contributed by atoms with E-state index >= 15 is 0 Å². The van der Waals surface area contributed by atoms with Crippen LogP contribution in [-0.2, 0) is 18.4 Å². The summed E-state index contributed by atoms with van der Waals surface area (Å²) in [7, 11) is 1.69. The molecular weight excluding hydrogens is 337 g/mol. The molecule has 0 saturated heterocycles. The smallest absolute Gasteiger partial charge is 0.264 e. The van der Waals surface area contributed by atoms with Crippen molar-refractivity contribution in [3.63, 3.8) is 0 Å². The van der Waals surface area contributed by atoms with Gasteiger partial charge in [-0.15, -0.1) is 0 Å². The van der Waals surface area contributed by atoms with E-state index in [1.807, 2.05) is 0 Å². The van der Waals surface area contributed by atoms with Gasteiger partial charge in [-0.3, -0.25) is 18.8 Å². The second kappa shape index (κ2) is 6.40. The third-order valence-corrected chi connectivity index (χ3v) is 3.82. The van der Waals surface area contributed by atoms with Gasteiger partial charge in [-0.05, 0) is 18.2 Å². The molecule has 24 heavy (non-hydrogen) atoms. The Labute approximate surface area is 140 Å². The summed E-state index contributed by atoms with van der Waals surface area (Å²) in [6.45, 7) is 0.154. The summed E-state index contributed by atoms with van der Waals surface area (Å²) in [5.41, 5.74) is 0.538. The first-order chi connectivity index (χ1) is 11.5. The van der Waals surface area contributed by atoms with Crippen LogP contribution in [0.1, 0.15) is 6.42 Å². The second-order valence-corrected chi connectivity index (χ2v) is 5.58. The van der Waals surface area contributed by atoms with Crippen LogP contribution in [0.2, 0.25) is 5.02 Å². The van der Waals surface area contributed by atoms with E-state index < -0.39 is 5.82 Å². The van der Waals surface area contributed by atoms with E-state index in [1.54, 1.807) is 7.05 Å². The van der Waals surface area contributed by atoms with Crippen LogP contribution in [0.5, 0.6) is 0 Å². The molecule has 1 N–H and O–H groups in total. The predicted molar refractivity (Wildman–Crippen MR) is 87.4 cm³/mol. The molecule has 0 atom stereocenters. The molecule has 3 rings (SSSR count). The quantitative estimate of drug-likeness (QED) is 0.780. The van der Waals surface area contributed by atoms with E-state index in [9.17, 15) is 14.0 Å². The molecule has 1 aromatic carbocycles. The lowest BCUT2D eigenvalue weighted by atomic mass is 10.3. The van der Waals surface area contributed by atoms with Crippen molar-refractivity contribution in [1.82, 2.24) is 19.3 Å². The number of nitrogens with one attached hydrogen (secondary N) is 1. The van der Waals surface area contributed by atoms with Crippen molar-refractivity contribution in [2.45, 2.75) is 13.0 Å². The van der Waals surface area contributed by atoms with Gasteiger partial charge in [0.15, 0.2) is 5.65 Å². The Morgan fingerprint density at radius 2 is 2.21 bits per heavy atom. The Kier molecular flexibility index (Phi) is 4.30. The van der Waals surface area contributed by atoms with E-state index in [1.165, 1.54) is 33.9 Å². The van der Waals surface area contributed by atoms with Crippen LogP contribution in [0.4, 0.5) is 10.1 Å². The molecule has 0 saturated carbocycles. The minimum atomic E-state index is -0.486. The Morgan fingerprint density at radius 3 is 2.96 bits per heavy atom. The van der Waals surface area contributed by atoms with Gasteiger partial charge in [0.25, 0.3) is 5.56 Å². The number of hydrogen-bond acceptors (Lipinski definition) is 4. The SMILES string of the molecule is Cn1ncc2c(=O)n(CCC(=O)Nc3ccc(F)cc3Cl)cnc21. The first-order valence-corrected chi connectivity index (χ1v) is 7.45. The number of carbonyl (C=O) groups is 1. The van der Waals surface area contributed by atoms with Crippen LogP contribution >= 0.6 is 11.6 Å². The summed E-state index contributed by atoms with van der Waals surface area (Å²) >= 11 is 5.85.